The minimum absolute atomic E-state index is 0.213. The number of terminal acetylenes is 1. The van der Waals surface area contributed by atoms with Gasteiger partial charge >= 0.3 is 0 Å². The van der Waals surface area contributed by atoms with Gasteiger partial charge in [0, 0.05) is 5.56 Å². The molecule has 0 spiro atoms. The molecular weight excluding hydrogens is 138 g/mol. The second-order valence-corrected chi connectivity index (χ2v) is 2.13. The van der Waals surface area contributed by atoms with Crippen molar-refractivity contribution < 1.29 is 0 Å². The number of hydrogen-bond donors (Lipinski definition) is 0. The summed E-state index contributed by atoms with van der Waals surface area (Å²) in [7, 11) is 0. The fraction of sp³-hybridized carbons (Fsp3) is 0.111. The van der Waals surface area contributed by atoms with Crippen molar-refractivity contribution >= 4 is 0 Å². The zero-order valence-corrected chi connectivity index (χ0v) is 5.95. The van der Waals surface area contributed by atoms with Gasteiger partial charge in [-0.3, -0.25) is 0 Å². The molecule has 0 N–H and O–H groups in total. The first kappa shape index (κ1) is 7.49. The SMILES string of the molecule is C#Cc1ccc(CN=O)cc1. The molecule has 0 heterocycles. The van der Waals surface area contributed by atoms with Crippen LogP contribution in [0.15, 0.2) is 29.4 Å². The first-order chi connectivity index (χ1) is 5.36. The highest BCUT2D eigenvalue weighted by Crippen LogP contribution is 2.03. The highest BCUT2D eigenvalue weighted by molar-refractivity contribution is 5.34. The Morgan fingerprint density at radius 3 is 2.45 bits per heavy atom. The summed E-state index contributed by atoms with van der Waals surface area (Å²) < 4.78 is 0. The fourth-order valence-electron chi connectivity index (χ4n) is 0.781. The lowest BCUT2D eigenvalue weighted by molar-refractivity contribution is 1.05. The Labute approximate surface area is 65.2 Å². The van der Waals surface area contributed by atoms with E-state index in [-0.39, 0.29) is 6.54 Å². The molecule has 2 nitrogen and oxygen atoms in total. The quantitative estimate of drug-likeness (QED) is 0.462. The van der Waals surface area contributed by atoms with E-state index >= 15 is 0 Å². The monoisotopic (exact) mass is 145 g/mol. The van der Waals surface area contributed by atoms with Gasteiger partial charge in [-0.15, -0.1) is 6.42 Å². The molecular formula is C9H7NO. The maximum atomic E-state index is 9.84. The second kappa shape index (κ2) is 3.52. The summed E-state index contributed by atoms with van der Waals surface area (Å²) in [5.41, 5.74) is 1.71. The highest BCUT2D eigenvalue weighted by Gasteiger charge is 1.90. The molecule has 0 bridgehead atoms. The molecule has 0 saturated carbocycles. The van der Waals surface area contributed by atoms with Crippen molar-refractivity contribution in [2.75, 3.05) is 0 Å². The van der Waals surface area contributed by atoms with Crippen molar-refractivity contribution in [3.05, 3.63) is 40.3 Å². The molecule has 0 aromatic heterocycles. The third-order valence-corrected chi connectivity index (χ3v) is 1.37. The zero-order valence-electron chi connectivity index (χ0n) is 5.95. The van der Waals surface area contributed by atoms with Crippen molar-refractivity contribution in [1.82, 2.24) is 0 Å². The lowest BCUT2D eigenvalue weighted by atomic mass is 10.1. The van der Waals surface area contributed by atoms with Gasteiger partial charge in [0.05, 0.1) is 0 Å². The maximum Gasteiger partial charge on any atom is 0.106 e. The van der Waals surface area contributed by atoms with Gasteiger partial charge in [0.2, 0.25) is 0 Å². The van der Waals surface area contributed by atoms with E-state index in [0.717, 1.165) is 11.1 Å². The zero-order chi connectivity index (χ0) is 8.10. The molecule has 2 heteroatoms. The number of nitroso groups, excluding NO2 is 1. The second-order valence-electron chi connectivity index (χ2n) is 2.13. The van der Waals surface area contributed by atoms with E-state index in [1.165, 1.54) is 0 Å². The molecule has 1 rings (SSSR count). The van der Waals surface area contributed by atoms with Gasteiger partial charge < -0.3 is 0 Å². The van der Waals surface area contributed by atoms with Crippen LogP contribution in [0.4, 0.5) is 0 Å². The van der Waals surface area contributed by atoms with Crippen LogP contribution in [-0.2, 0) is 6.54 Å². The molecule has 1 aromatic rings. The van der Waals surface area contributed by atoms with Gasteiger partial charge in [0.1, 0.15) is 6.54 Å². The molecule has 0 saturated heterocycles. The van der Waals surface area contributed by atoms with Crippen molar-refractivity contribution in [1.29, 1.82) is 0 Å². The van der Waals surface area contributed by atoms with Crippen LogP contribution in [0.1, 0.15) is 11.1 Å². The topological polar surface area (TPSA) is 29.4 Å². The molecule has 0 aliphatic heterocycles. The lowest BCUT2D eigenvalue weighted by Gasteiger charge is -1.92. The first-order valence-corrected chi connectivity index (χ1v) is 3.21. The average Bonchev–Trinajstić information content (AvgIpc) is 2.07. The van der Waals surface area contributed by atoms with Crippen LogP contribution in [0.5, 0.6) is 0 Å². The molecule has 54 valence electrons. The standard InChI is InChI=1S/C9H7NO/c1-2-8-3-5-9(6-4-8)7-10-11/h1,3-6H,7H2. The van der Waals surface area contributed by atoms with Gasteiger partial charge in [0.25, 0.3) is 0 Å². The summed E-state index contributed by atoms with van der Waals surface area (Å²) in [6.07, 6.45) is 5.14. The summed E-state index contributed by atoms with van der Waals surface area (Å²) in [4.78, 5) is 9.84. The van der Waals surface area contributed by atoms with E-state index in [4.69, 9.17) is 6.42 Å². The first-order valence-electron chi connectivity index (χ1n) is 3.21. The van der Waals surface area contributed by atoms with E-state index in [1.807, 2.05) is 0 Å². The number of benzene rings is 1. The van der Waals surface area contributed by atoms with Gasteiger partial charge in [-0.05, 0) is 17.7 Å². The third kappa shape index (κ3) is 1.91. The van der Waals surface area contributed by atoms with Crippen LogP contribution in [0.2, 0.25) is 0 Å². The Balaban J connectivity index is 2.84. The van der Waals surface area contributed by atoms with E-state index in [9.17, 15) is 4.91 Å². The molecule has 1 aromatic carbocycles. The predicted octanol–water partition coefficient (Wildman–Crippen LogP) is 1.93. The predicted molar refractivity (Wildman–Crippen MR) is 43.9 cm³/mol. The summed E-state index contributed by atoms with van der Waals surface area (Å²) >= 11 is 0. The molecule has 0 aliphatic rings. The molecule has 11 heavy (non-hydrogen) atoms. The van der Waals surface area contributed by atoms with Crippen molar-refractivity contribution in [3.63, 3.8) is 0 Å². The number of hydrogen-bond acceptors (Lipinski definition) is 2. The largest absolute Gasteiger partial charge is 0.150 e. The van der Waals surface area contributed by atoms with Gasteiger partial charge in [-0.1, -0.05) is 23.2 Å². The summed E-state index contributed by atoms with van der Waals surface area (Å²) in [5, 5.41) is 2.76. The lowest BCUT2D eigenvalue weighted by Crippen LogP contribution is -1.80. The van der Waals surface area contributed by atoms with Crippen molar-refractivity contribution in [2.24, 2.45) is 5.18 Å². The number of nitrogens with zero attached hydrogens (tertiary/aromatic N) is 1. The molecule has 0 aliphatic carbocycles. The van der Waals surface area contributed by atoms with E-state index in [1.54, 1.807) is 24.3 Å². The minimum atomic E-state index is 0.213. The molecule has 0 radical (unpaired) electrons. The highest BCUT2D eigenvalue weighted by atomic mass is 16.3. The fourth-order valence-corrected chi connectivity index (χ4v) is 0.781. The molecule has 0 fully saturated rings. The van der Waals surface area contributed by atoms with Crippen LogP contribution in [0, 0.1) is 17.3 Å². The van der Waals surface area contributed by atoms with E-state index in [0.29, 0.717) is 0 Å². The van der Waals surface area contributed by atoms with Crippen LogP contribution < -0.4 is 0 Å². The smallest absolute Gasteiger partial charge is 0.106 e. The molecule has 0 amide bonds. The summed E-state index contributed by atoms with van der Waals surface area (Å²) in [6.45, 7) is 0.213. The van der Waals surface area contributed by atoms with Gasteiger partial charge in [-0.2, -0.15) is 4.91 Å². The van der Waals surface area contributed by atoms with Crippen LogP contribution >= 0.6 is 0 Å². The van der Waals surface area contributed by atoms with E-state index in [2.05, 4.69) is 11.1 Å². The summed E-state index contributed by atoms with van der Waals surface area (Å²) in [5.74, 6) is 2.49. The van der Waals surface area contributed by atoms with Crippen molar-refractivity contribution in [3.8, 4) is 12.3 Å². The third-order valence-electron chi connectivity index (χ3n) is 1.37. The Morgan fingerprint density at radius 1 is 1.36 bits per heavy atom. The average molecular weight is 145 g/mol. The van der Waals surface area contributed by atoms with E-state index < -0.39 is 0 Å². The Hall–Kier alpha value is -1.62. The van der Waals surface area contributed by atoms with Crippen molar-refractivity contribution in [2.45, 2.75) is 6.54 Å². The Morgan fingerprint density at radius 2 is 2.00 bits per heavy atom. The molecule has 0 unspecified atom stereocenters. The van der Waals surface area contributed by atoms with Gasteiger partial charge in [0.15, 0.2) is 0 Å². The van der Waals surface area contributed by atoms with Gasteiger partial charge in [-0.25, -0.2) is 0 Å². The summed E-state index contributed by atoms with van der Waals surface area (Å²) in [6, 6.07) is 7.19. The Kier molecular flexibility index (Phi) is 2.40. The van der Waals surface area contributed by atoms with Crippen LogP contribution in [-0.4, -0.2) is 0 Å². The van der Waals surface area contributed by atoms with Crippen LogP contribution in [0.3, 0.4) is 0 Å². The van der Waals surface area contributed by atoms with Crippen LogP contribution in [0.25, 0.3) is 0 Å². The maximum absolute atomic E-state index is 9.84. The normalized spacial score (nSPS) is 8.64. The number of rotatable bonds is 2. The minimum Gasteiger partial charge on any atom is -0.150 e. The molecule has 0 atom stereocenters. The Bertz CT molecular complexity index is 281.